The van der Waals surface area contributed by atoms with Crippen LogP contribution in [0.3, 0.4) is 0 Å². The molecule has 1 rings (SSSR count). The number of aryl methyl sites for hydroxylation is 2. The van der Waals surface area contributed by atoms with Crippen LogP contribution in [0.15, 0.2) is 12.1 Å². The van der Waals surface area contributed by atoms with Crippen molar-refractivity contribution in [3.63, 3.8) is 0 Å². The molecule has 0 aliphatic rings. The molecule has 0 amide bonds. The number of carbonyl (C=O) groups is 2. The Balaban J connectivity index is 2.48. The molecule has 4 nitrogen and oxygen atoms in total. The van der Waals surface area contributed by atoms with Crippen molar-refractivity contribution in [3.8, 4) is 0 Å². The first kappa shape index (κ1) is 25.2. The minimum atomic E-state index is -0.722. The van der Waals surface area contributed by atoms with Crippen LogP contribution in [0.1, 0.15) is 94.9 Å². The minimum Gasteiger partial charge on any atom is -0.481 e. The third kappa shape index (κ3) is 7.83. The van der Waals surface area contributed by atoms with Crippen LogP contribution in [0.25, 0.3) is 0 Å². The molecule has 0 aliphatic heterocycles. The predicted molar refractivity (Wildman–Crippen MR) is 118 cm³/mol. The largest absolute Gasteiger partial charge is 0.481 e. The van der Waals surface area contributed by atoms with Gasteiger partial charge in [-0.1, -0.05) is 31.4 Å². The quantitative estimate of drug-likeness (QED) is 0.376. The highest BCUT2D eigenvalue weighted by molar-refractivity contribution is 5.73. The van der Waals surface area contributed by atoms with Crippen LogP contribution in [0.5, 0.6) is 0 Å². The molecule has 164 valence electrons. The van der Waals surface area contributed by atoms with Crippen LogP contribution in [-0.4, -0.2) is 22.2 Å². The molecule has 0 atom stereocenters. The van der Waals surface area contributed by atoms with Gasteiger partial charge in [0.2, 0.25) is 0 Å². The summed E-state index contributed by atoms with van der Waals surface area (Å²) in [6.45, 7) is 11.6. The van der Waals surface area contributed by atoms with Crippen LogP contribution < -0.4 is 0 Å². The van der Waals surface area contributed by atoms with E-state index in [0.717, 1.165) is 51.4 Å². The van der Waals surface area contributed by atoms with Gasteiger partial charge >= 0.3 is 11.9 Å². The van der Waals surface area contributed by atoms with Gasteiger partial charge in [0.1, 0.15) is 0 Å². The summed E-state index contributed by atoms with van der Waals surface area (Å²) in [5, 5.41) is 18.4. The van der Waals surface area contributed by atoms with Crippen LogP contribution in [-0.2, 0) is 22.4 Å². The Morgan fingerprint density at radius 1 is 0.690 bits per heavy atom. The number of hydrogen-bond acceptors (Lipinski definition) is 2. The van der Waals surface area contributed by atoms with Gasteiger partial charge in [-0.05, 0) is 102 Å². The summed E-state index contributed by atoms with van der Waals surface area (Å²) in [6.07, 6.45) is 8.47. The Morgan fingerprint density at radius 3 is 1.41 bits per heavy atom. The molecule has 0 bridgehead atoms. The third-order valence-electron chi connectivity index (χ3n) is 6.42. The van der Waals surface area contributed by atoms with E-state index in [1.54, 1.807) is 27.7 Å². The van der Waals surface area contributed by atoms with E-state index in [1.165, 1.54) is 22.3 Å². The second-order valence-electron chi connectivity index (χ2n) is 9.78. The van der Waals surface area contributed by atoms with E-state index in [4.69, 9.17) is 0 Å². The first-order chi connectivity index (χ1) is 13.4. The van der Waals surface area contributed by atoms with Crippen molar-refractivity contribution in [1.82, 2.24) is 0 Å². The summed E-state index contributed by atoms with van der Waals surface area (Å²) >= 11 is 0. The van der Waals surface area contributed by atoms with Gasteiger partial charge in [0.15, 0.2) is 0 Å². The molecule has 0 heterocycles. The van der Waals surface area contributed by atoms with Crippen molar-refractivity contribution < 1.29 is 19.8 Å². The number of carboxylic acid groups (broad SMARTS) is 2. The summed E-state index contributed by atoms with van der Waals surface area (Å²) in [4.78, 5) is 22.4. The molecular formula is C25H40O4. The third-order valence-corrected chi connectivity index (χ3v) is 6.42. The fourth-order valence-corrected chi connectivity index (χ4v) is 3.63. The Bertz CT molecular complexity index is 701. The highest BCUT2D eigenvalue weighted by Gasteiger charge is 2.26. The van der Waals surface area contributed by atoms with Crippen LogP contribution in [0.4, 0.5) is 0 Å². The van der Waals surface area contributed by atoms with Gasteiger partial charge in [0.05, 0.1) is 10.8 Å². The molecule has 4 heteroatoms. The van der Waals surface area contributed by atoms with Crippen molar-refractivity contribution in [1.29, 1.82) is 0 Å². The summed E-state index contributed by atoms with van der Waals surface area (Å²) in [5.74, 6) is -1.44. The van der Waals surface area contributed by atoms with Gasteiger partial charge in [-0.15, -0.1) is 0 Å². The van der Waals surface area contributed by atoms with Crippen molar-refractivity contribution in [2.45, 2.75) is 99.3 Å². The molecular weight excluding hydrogens is 364 g/mol. The van der Waals surface area contributed by atoms with Gasteiger partial charge in [0, 0.05) is 0 Å². The number of rotatable bonds is 13. The lowest BCUT2D eigenvalue weighted by Gasteiger charge is -2.19. The Kier molecular flexibility index (Phi) is 9.38. The van der Waals surface area contributed by atoms with Gasteiger partial charge in [-0.2, -0.15) is 0 Å². The van der Waals surface area contributed by atoms with Crippen LogP contribution in [0, 0.1) is 24.7 Å². The number of carboxylic acids is 2. The molecule has 0 aliphatic carbocycles. The summed E-state index contributed by atoms with van der Waals surface area (Å²) in [7, 11) is 0. The van der Waals surface area contributed by atoms with E-state index in [2.05, 4.69) is 26.0 Å². The average Bonchev–Trinajstić information content (AvgIpc) is 2.62. The second kappa shape index (κ2) is 10.8. The first-order valence-electron chi connectivity index (χ1n) is 10.9. The molecule has 1 aromatic rings. The lowest BCUT2D eigenvalue weighted by molar-refractivity contribution is -0.148. The van der Waals surface area contributed by atoms with Crippen molar-refractivity contribution in [3.05, 3.63) is 34.4 Å². The number of benzene rings is 1. The van der Waals surface area contributed by atoms with E-state index in [-0.39, 0.29) is 0 Å². The maximum Gasteiger partial charge on any atom is 0.309 e. The molecule has 0 spiro atoms. The van der Waals surface area contributed by atoms with E-state index in [1.807, 2.05) is 0 Å². The van der Waals surface area contributed by atoms with Gasteiger partial charge in [0.25, 0.3) is 0 Å². The normalized spacial score (nSPS) is 12.2. The molecule has 0 unspecified atom stereocenters. The number of hydrogen-bond donors (Lipinski definition) is 2. The lowest BCUT2D eigenvalue weighted by atomic mass is 9.86. The highest BCUT2D eigenvalue weighted by Crippen LogP contribution is 2.27. The van der Waals surface area contributed by atoms with Crippen molar-refractivity contribution in [2.75, 3.05) is 0 Å². The first-order valence-corrected chi connectivity index (χ1v) is 10.9. The summed E-state index contributed by atoms with van der Waals surface area (Å²) in [5.41, 5.74) is 4.19. The fraction of sp³-hybridized carbons (Fsp3) is 0.680. The fourth-order valence-electron chi connectivity index (χ4n) is 3.63. The average molecular weight is 405 g/mol. The second-order valence-corrected chi connectivity index (χ2v) is 9.78. The molecule has 29 heavy (non-hydrogen) atoms. The Labute approximate surface area is 176 Å². The van der Waals surface area contributed by atoms with E-state index in [0.29, 0.717) is 6.42 Å². The molecule has 0 radical (unpaired) electrons. The smallest absolute Gasteiger partial charge is 0.309 e. The molecule has 0 saturated heterocycles. The predicted octanol–water partition coefficient (Wildman–Crippen LogP) is 6.34. The molecule has 0 saturated carbocycles. The topological polar surface area (TPSA) is 74.6 Å². The lowest BCUT2D eigenvalue weighted by Crippen LogP contribution is -2.23. The zero-order valence-corrected chi connectivity index (χ0v) is 19.2. The highest BCUT2D eigenvalue weighted by atomic mass is 16.4. The zero-order valence-electron chi connectivity index (χ0n) is 19.2. The SMILES string of the molecule is Cc1c(CCCCCC(C)(C)C(=O)O)ccc(CCCCC(C)(C)C(=O)O)c1C. The minimum absolute atomic E-state index is 0.631. The molecule has 1 aromatic carbocycles. The van der Waals surface area contributed by atoms with E-state index < -0.39 is 22.8 Å². The zero-order chi connectivity index (χ0) is 22.2. The van der Waals surface area contributed by atoms with Gasteiger partial charge in [-0.25, -0.2) is 0 Å². The maximum absolute atomic E-state index is 11.2. The van der Waals surface area contributed by atoms with Gasteiger partial charge < -0.3 is 10.2 Å². The summed E-state index contributed by atoms with van der Waals surface area (Å²) in [6, 6.07) is 4.47. The monoisotopic (exact) mass is 404 g/mol. The maximum atomic E-state index is 11.2. The van der Waals surface area contributed by atoms with E-state index in [9.17, 15) is 19.8 Å². The molecule has 0 aromatic heterocycles. The standard InChI is InChI=1S/C25H40O4/c1-18-19(2)21(13-9-11-17-25(5,6)23(28)29)15-14-20(18)12-8-7-10-16-24(3,4)22(26)27/h14-15H,7-13,16-17H2,1-6H3,(H,26,27)(H,28,29). The number of unbranched alkanes of at least 4 members (excludes halogenated alkanes) is 3. The number of aliphatic carboxylic acids is 2. The van der Waals surface area contributed by atoms with Crippen molar-refractivity contribution in [2.24, 2.45) is 10.8 Å². The van der Waals surface area contributed by atoms with Crippen LogP contribution in [0.2, 0.25) is 0 Å². The van der Waals surface area contributed by atoms with Gasteiger partial charge in [-0.3, -0.25) is 9.59 Å². The molecule has 0 fully saturated rings. The molecule has 2 N–H and O–H groups in total. The Morgan fingerprint density at radius 2 is 1.03 bits per heavy atom. The van der Waals surface area contributed by atoms with E-state index >= 15 is 0 Å². The summed E-state index contributed by atoms with van der Waals surface area (Å²) < 4.78 is 0. The Hall–Kier alpha value is -1.84. The van der Waals surface area contributed by atoms with Crippen LogP contribution >= 0.6 is 0 Å². The van der Waals surface area contributed by atoms with Crippen molar-refractivity contribution >= 4 is 11.9 Å².